The Morgan fingerprint density at radius 3 is 2.87 bits per heavy atom. The third-order valence-electron chi connectivity index (χ3n) is 2.79. The van der Waals surface area contributed by atoms with Gasteiger partial charge in [0.05, 0.1) is 12.7 Å². The van der Waals surface area contributed by atoms with Crippen molar-refractivity contribution in [2.75, 3.05) is 46.5 Å². The van der Waals surface area contributed by atoms with Gasteiger partial charge in [-0.25, -0.2) is 0 Å². The van der Waals surface area contributed by atoms with Crippen LogP contribution < -0.4 is 5.73 Å². The third-order valence-corrected chi connectivity index (χ3v) is 2.79. The highest BCUT2D eigenvalue weighted by Gasteiger charge is 2.17. The highest BCUT2D eigenvalue weighted by atomic mass is 16.5. The summed E-state index contributed by atoms with van der Waals surface area (Å²) in [7, 11) is 1.73. The van der Waals surface area contributed by atoms with Crippen LogP contribution in [0.2, 0.25) is 0 Å². The Kier molecular flexibility index (Phi) is 6.92. The predicted octanol–water partition coefficient (Wildman–Crippen LogP) is 0.463. The van der Waals surface area contributed by atoms with Crippen molar-refractivity contribution in [1.82, 2.24) is 4.90 Å². The fraction of sp³-hybridized carbons (Fsp3) is 1.00. The molecule has 2 N–H and O–H groups in total. The molecule has 15 heavy (non-hydrogen) atoms. The van der Waals surface area contributed by atoms with E-state index < -0.39 is 0 Å². The number of hydrogen-bond donors (Lipinski definition) is 1. The smallest absolute Gasteiger partial charge is 0.0702 e. The Bertz CT molecular complexity index is 150. The van der Waals surface area contributed by atoms with Crippen molar-refractivity contribution in [3.05, 3.63) is 0 Å². The van der Waals surface area contributed by atoms with Crippen LogP contribution in [0.15, 0.2) is 0 Å². The molecule has 0 radical (unpaired) electrons. The van der Waals surface area contributed by atoms with Crippen LogP contribution in [0.5, 0.6) is 0 Å². The number of ether oxygens (including phenoxy) is 2. The van der Waals surface area contributed by atoms with Gasteiger partial charge < -0.3 is 15.2 Å². The number of methoxy groups -OCH3 is 1. The van der Waals surface area contributed by atoms with Crippen LogP contribution >= 0.6 is 0 Å². The van der Waals surface area contributed by atoms with E-state index >= 15 is 0 Å². The van der Waals surface area contributed by atoms with Crippen molar-refractivity contribution in [2.24, 2.45) is 5.73 Å². The van der Waals surface area contributed by atoms with E-state index in [1.54, 1.807) is 7.11 Å². The van der Waals surface area contributed by atoms with E-state index in [4.69, 9.17) is 15.2 Å². The number of rotatable bonds is 7. The maximum Gasteiger partial charge on any atom is 0.0702 e. The molecule has 1 aliphatic rings. The Morgan fingerprint density at radius 2 is 2.27 bits per heavy atom. The second-order valence-electron chi connectivity index (χ2n) is 4.07. The molecule has 1 unspecified atom stereocenters. The van der Waals surface area contributed by atoms with Crippen molar-refractivity contribution in [1.29, 1.82) is 0 Å². The largest absolute Gasteiger partial charge is 0.383 e. The van der Waals surface area contributed by atoms with E-state index in [2.05, 4.69) is 4.90 Å². The standard InChI is InChI=1S/C11H24N2O2/c1-14-9-7-13(6-5-12)10-11-4-2-3-8-15-11/h11H,2-10,12H2,1H3. The lowest BCUT2D eigenvalue weighted by Gasteiger charge is -2.29. The summed E-state index contributed by atoms with van der Waals surface area (Å²) in [6.45, 7) is 5.28. The van der Waals surface area contributed by atoms with Crippen molar-refractivity contribution in [3.63, 3.8) is 0 Å². The number of nitrogens with zero attached hydrogens (tertiary/aromatic N) is 1. The monoisotopic (exact) mass is 216 g/mol. The number of nitrogens with two attached hydrogens (primary N) is 1. The van der Waals surface area contributed by atoms with E-state index in [0.29, 0.717) is 12.6 Å². The highest BCUT2D eigenvalue weighted by molar-refractivity contribution is 4.69. The highest BCUT2D eigenvalue weighted by Crippen LogP contribution is 2.13. The van der Waals surface area contributed by atoms with E-state index in [9.17, 15) is 0 Å². The van der Waals surface area contributed by atoms with Crippen molar-refractivity contribution in [3.8, 4) is 0 Å². The molecule has 4 nitrogen and oxygen atoms in total. The van der Waals surface area contributed by atoms with Gasteiger partial charge >= 0.3 is 0 Å². The van der Waals surface area contributed by atoms with Gasteiger partial charge in [0, 0.05) is 39.9 Å². The summed E-state index contributed by atoms with van der Waals surface area (Å²) in [4.78, 5) is 2.33. The zero-order valence-electron chi connectivity index (χ0n) is 9.78. The van der Waals surface area contributed by atoms with Crippen LogP contribution in [-0.4, -0.2) is 57.5 Å². The molecule has 1 fully saturated rings. The van der Waals surface area contributed by atoms with Gasteiger partial charge in [-0.1, -0.05) is 0 Å². The third kappa shape index (κ3) is 5.47. The van der Waals surface area contributed by atoms with E-state index in [0.717, 1.165) is 32.8 Å². The molecule has 0 aromatic rings. The lowest BCUT2D eigenvalue weighted by molar-refractivity contribution is -0.00854. The first kappa shape index (κ1) is 12.9. The Labute approximate surface area is 92.7 Å². The van der Waals surface area contributed by atoms with Gasteiger partial charge in [0.15, 0.2) is 0 Å². The molecule has 4 heteroatoms. The van der Waals surface area contributed by atoms with E-state index in [1.165, 1.54) is 19.3 Å². The quantitative estimate of drug-likeness (QED) is 0.672. The summed E-state index contributed by atoms with van der Waals surface area (Å²) in [5, 5.41) is 0. The normalized spacial score (nSPS) is 22.2. The first-order chi connectivity index (χ1) is 7.36. The maximum absolute atomic E-state index is 5.71. The van der Waals surface area contributed by atoms with Crippen LogP contribution in [0.4, 0.5) is 0 Å². The molecule has 1 saturated heterocycles. The van der Waals surface area contributed by atoms with Gasteiger partial charge in [0.1, 0.15) is 0 Å². The zero-order valence-corrected chi connectivity index (χ0v) is 9.78. The zero-order chi connectivity index (χ0) is 10.9. The maximum atomic E-state index is 5.71. The van der Waals surface area contributed by atoms with Crippen LogP contribution in [0.1, 0.15) is 19.3 Å². The molecule has 0 aromatic carbocycles. The van der Waals surface area contributed by atoms with Crippen LogP contribution in [0, 0.1) is 0 Å². The van der Waals surface area contributed by atoms with E-state index in [-0.39, 0.29) is 0 Å². The minimum Gasteiger partial charge on any atom is -0.383 e. The molecule has 1 heterocycles. The predicted molar refractivity (Wildman–Crippen MR) is 61.0 cm³/mol. The Morgan fingerprint density at radius 1 is 1.40 bits per heavy atom. The van der Waals surface area contributed by atoms with Crippen LogP contribution in [0.25, 0.3) is 0 Å². The fourth-order valence-corrected chi connectivity index (χ4v) is 1.94. The molecule has 0 amide bonds. The Hall–Kier alpha value is -0.160. The second-order valence-corrected chi connectivity index (χ2v) is 4.07. The van der Waals surface area contributed by atoms with Crippen molar-refractivity contribution in [2.45, 2.75) is 25.4 Å². The number of hydrogen-bond acceptors (Lipinski definition) is 4. The molecular formula is C11H24N2O2. The minimum absolute atomic E-state index is 0.405. The molecule has 0 saturated carbocycles. The van der Waals surface area contributed by atoms with Gasteiger partial charge in [-0.2, -0.15) is 0 Å². The average Bonchev–Trinajstić information content (AvgIpc) is 2.28. The van der Waals surface area contributed by atoms with Gasteiger partial charge in [-0.05, 0) is 19.3 Å². The SMILES string of the molecule is COCCN(CCN)CC1CCCCO1. The average molecular weight is 216 g/mol. The van der Waals surface area contributed by atoms with Gasteiger partial charge in [0.25, 0.3) is 0 Å². The molecule has 1 rings (SSSR count). The minimum atomic E-state index is 0.405. The van der Waals surface area contributed by atoms with Crippen molar-refractivity contribution >= 4 is 0 Å². The molecule has 1 aliphatic heterocycles. The molecule has 1 atom stereocenters. The molecule has 0 aliphatic carbocycles. The van der Waals surface area contributed by atoms with Crippen LogP contribution in [0.3, 0.4) is 0 Å². The van der Waals surface area contributed by atoms with Gasteiger partial charge in [0.2, 0.25) is 0 Å². The lowest BCUT2D eigenvalue weighted by Crippen LogP contribution is -2.40. The van der Waals surface area contributed by atoms with Gasteiger partial charge in [-0.3, -0.25) is 4.90 Å². The summed E-state index contributed by atoms with van der Waals surface area (Å²) in [5.41, 5.74) is 5.58. The van der Waals surface area contributed by atoms with Crippen molar-refractivity contribution < 1.29 is 9.47 Å². The summed E-state index contributed by atoms with van der Waals surface area (Å²) in [6, 6.07) is 0. The van der Waals surface area contributed by atoms with E-state index in [1.807, 2.05) is 0 Å². The molecule has 0 spiro atoms. The fourth-order valence-electron chi connectivity index (χ4n) is 1.94. The molecule has 0 aromatic heterocycles. The summed E-state index contributed by atoms with van der Waals surface area (Å²) >= 11 is 0. The molecular weight excluding hydrogens is 192 g/mol. The molecule has 90 valence electrons. The summed E-state index contributed by atoms with van der Waals surface area (Å²) < 4.78 is 10.8. The summed E-state index contributed by atoms with van der Waals surface area (Å²) in [5.74, 6) is 0. The molecule has 0 bridgehead atoms. The summed E-state index contributed by atoms with van der Waals surface area (Å²) in [6.07, 6.45) is 4.10. The first-order valence-corrected chi connectivity index (χ1v) is 5.89. The van der Waals surface area contributed by atoms with Crippen LogP contribution in [-0.2, 0) is 9.47 Å². The Balaban J connectivity index is 2.21. The lowest BCUT2D eigenvalue weighted by atomic mass is 10.1. The topological polar surface area (TPSA) is 47.7 Å². The van der Waals surface area contributed by atoms with Gasteiger partial charge in [-0.15, -0.1) is 0 Å². The second kappa shape index (κ2) is 8.05. The first-order valence-electron chi connectivity index (χ1n) is 5.89.